The van der Waals surface area contributed by atoms with Crippen LogP contribution in [0.25, 0.3) is 0 Å². The van der Waals surface area contributed by atoms with E-state index in [9.17, 15) is 0 Å². The molecule has 1 aromatic rings. The van der Waals surface area contributed by atoms with Gasteiger partial charge in [0.2, 0.25) is 0 Å². The Hall–Kier alpha value is -1.25. The lowest BCUT2D eigenvalue weighted by Gasteiger charge is -1.90. The van der Waals surface area contributed by atoms with Crippen LogP contribution in [0, 0.1) is 0 Å². The predicted molar refractivity (Wildman–Crippen MR) is 42.1 cm³/mol. The minimum Gasteiger partial charge on any atom is -0.460 e. The van der Waals surface area contributed by atoms with E-state index >= 15 is 0 Å². The van der Waals surface area contributed by atoms with E-state index in [-0.39, 0.29) is 0 Å². The molecule has 0 fully saturated rings. The fraction of sp³-hybridized carbons (Fsp3) is 0.375. The van der Waals surface area contributed by atoms with E-state index in [0.717, 1.165) is 12.2 Å². The Kier molecular flexibility index (Phi) is 2.31. The van der Waals surface area contributed by atoms with Crippen molar-refractivity contribution in [2.24, 2.45) is 5.16 Å². The molecule has 1 heterocycles. The average Bonchev–Trinajstić information content (AvgIpc) is 2.50. The van der Waals surface area contributed by atoms with Crippen molar-refractivity contribution in [3.8, 4) is 0 Å². The second kappa shape index (κ2) is 3.23. The third kappa shape index (κ3) is 1.61. The first-order valence-electron chi connectivity index (χ1n) is 3.55. The maximum Gasteiger partial charge on any atom is 0.151 e. The van der Waals surface area contributed by atoms with Gasteiger partial charge < -0.3 is 9.62 Å². The summed E-state index contributed by atoms with van der Waals surface area (Å²) in [7, 11) is 0. The zero-order valence-electron chi connectivity index (χ0n) is 6.66. The molecule has 0 spiro atoms. The molecule has 0 radical (unpaired) electrons. The van der Waals surface area contributed by atoms with Crippen LogP contribution in [0.1, 0.15) is 25.4 Å². The lowest BCUT2D eigenvalue weighted by Crippen LogP contribution is -1.90. The summed E-state index contributed by atoms with van der Waals surface area (Å²) >= 11 is 0. The summed E-state index contributed by atoms with van der Waals surface area (Å²) in [5.74, 6) is 1.53. The zero-order chi connectivity index (χ0) is 8.27. The van der Waals surface area contributed by atoms with Crippen molar-refractivity contribution in [1.82, 2.24) is 0 Å². The summed E-state index contributed by atoms with van der Waals surface area (Å²) in [6.07, 6.45) is 0.860. The summed E-state index contributed by atoms with van der Waals surface area (Å²) in [5, 5.41) is 11.4. The molecule has 1 aromatic heterocycles. The summed E-state index contributed by atoms with van der Waals surface area (Å²) in [5.41, 5.74) is 0.504. The smallest absolute Gasteiger partial charge is 0.151 e. The molecule has 0 aliphatic rings. The molecule has 0 aliphatic heterocycles. The van der Waals surface area contributed by atoms with Crippen LogP contribution in [0.4, 0.5) is 0 Å². The number of nitrogens with zero attached hydrogens (tertiary/aromatic N) is 1. The molecular weight excluding hydrogens is 142 g/mol. The summed E-state index contributed by atoms with van der Waals surface area (Å²) in [6, 6.07) is 3.68. The topological polar surface area (TPSA) is 45.7 Å². The maximum absolute atomic E-state index is 8.40. The molecule has 11 heavy (non-hydrogen) atoms. The van der Waals surface area contributed by atoms with Crippen LogP contribution in [0.2, 0.25) is 0 Å². The predicted octanol–water partition coefficient (Wildman–Crippen LogP) is 2.04. The average molecular weight is 153 g/mol. The molecule has 3 nitrogen and oxygen atoms in total. The molecule has 0 aromatic carbocycles. The highest BCUT2D eigenvalue weighted by atomic mass is 16.4. The van der Waals surface area contributed by atoms with E-state index in [1.165, 1.54) is 0 Å². The molecule has 0 bridgehead atoms. The highest BCUT2D eigenvalue weighted by Crippen LogP contribution is 2.08. The second-order valence-electron chi connectivity index (χ2n) is 2.30. The van der Waals surface area contributed by atoms with E-state index in [1.807, 2.05) is 13.0 Å². The first-order chi connectivity index (χ1) is 5.27. The number of furan rings is 1. The Morgan fingerprint density at radius 1 is 1.64 bits per heavy atom. The van der Waals surface area contributed by atoms with Gasteiger partial charge in [0.25, 0.3) is 0 Å². The fourth-order valence-electron chi connectivity index (χ4n) is 0.812. The highest BCUT2D eigenvalue weighted by Gasteiger charge is 2.02. The van der Waals surface area contributed by atoms with Gasteiger partial charge >= 0.3 is 0 Å². The van der Waals surface area contributed by atoms with Crippen LogP contribution >= 0.6 is 0 Å². The lowest BCUT2D eigenvalue weighted by atomic mass is 10.3. The molecule has 1 rings (SSSR count). The van der Waals surface area contributed by atoms with Gasteiger partial charge in [-0.25, -0.2) is 0 Å². The summed E-state index contributed by atoms with van der Waals surface area (Å²) in [4.78, 5) is 0. The van der Waals surface area contributed by atoms with E-state index in [0.29, 0.717) is 11.5 Å². The first kappa shape index (κ1) is 7.85. The Labute approximate surface area is 65.3 Å². The molecule has 0 saturated carbocycles. The first-order valence-corrected chi connectivity index (χ1v) is 3.55. The van der Waals surface area contributed by atoms with E-state index in [4.69, 9.17) is 9.62 Å². The van der Waals surface area contributed by atoms with E-state index in [2.05, 4.69) is 5.16 Å². The largest absolute Gasteiger partial charge is 0.460 e. The molecule has 0 aliphatic carbocycles. The van der Waals surface area contributed by atoms with E-state index < -0.39 is 0 Å². The number of rotatable bonds is 2. The lowest BCUT2D eigenvalue weighted by molar-refractivity contribution is 0.317. The van der Waals surface area contributed by atoms with Crippen molar-refractivity contribution >= 4 is 5.71 Å². The number of hydrogen-bond donors (Lipinski definition) is 1. The van der Waals surface area contributed by atoms with Crippen LogP contribution in [0.15, 0.2) is 21.7 Å². The van der Waals surface area contributed by atoms with Gasteiger partial charge in [-0.3, -0.25) is 0 Å². The van der Waals surface area contributed by atoms with Gasteiger partial charge in [0.15, 0.2) is 5.76 Å². The van der Waals surface area contributed by atoms with Gasteiger partial charge in [0, 0.05) is 6.42 Å². The molecule has 60 valence electrons. The van der Waals surface area contributed by atoms with Gasteiger partial charge in [0.1, 0.15) is 11.5 Å². The molecule has 0 unspecified atom stereocenters. The van der Waals surface area contributed by atoms with Crippen molar-refractivity contribution in [2.45, 2.75) is 20.3 Å². The third-order valence-electron chi connectivity index (χ3n) is 1.52. The monoisotopic (exact) mass is 153 g/mol. The molecule has 1 N–H and O–H groups in total. The minimum atomic E-state index is 0.504. The molecular formula is C8H11NO2. The van der Waals surface area contributed by atoms with E-state index in [1.54, 1.807) is 13.0 Å². The van der Waals surface area contributed by atoms with Crippen molar-refractivity contribution in [1.29, 1.82) is 0 Å². The number of oxime groups is 1. The van der Waals surface area contributed by atoms with Gasteiger partial charge in [-0.1, -0.05) is 12.1 Å². The normalized spacial score (nSPS) is 12.0. The van der Waals surface area contributed by atoms with Crippen LogP contribution in [-0.2, 0) is 6.42 Å². The Bertz CT molecular complexity index is 263. The second-order valence-corrected chi connectivity index (χ2v) is 2.30. The Morgan fingerprint density at radius 2 is 2.36 bits per heavy atom. The Balaban J connectivity index is 2.89. The highest BCUT2D eigenvalue weighted by molar-refractivity contribution is 5.95. The van der Waals surface area contributed by atoms with Crippen molar-refractivity contribution in [2.75, 3.05) is 0 Å². The fourth-order valence-corrected chi connectivity index (χ4v) is 0.812. The third-order valence-corrected chi connectivity index (χ3v) is 1.52. The van der Waals surface area contributed by atoms with Gasteiger partial charge in [-0.15, -0.1) is 0 Å². The van der Waals surface area contributed by atoms with Crippen LogP contribution in [0.3, 0.4) is 0 Å². The minimum absolute atomic E-state index is 0.504. The molecule has 0 saturated heterocycles. The van der Waals surface area contributed by atoms with Crippen molar-refractivity contribution in [3.63, 3.8) is 0 Å². The van der Waals surface area contributed by atoms with Gasteiger partial charge in [-0.05, 0) is 19.1 Å². The van der Waals surface area contributed by atoms with Gasteiger partial charge in [-0.2, -0.15) is 0 Å². The molecule has 3 heteroatoms. The van der Waals surface area contributed by atoms with Crippen LogP contribution in [0.5, 0.6) is 0 Å². The van der Waals surface area contributed by atoms with Crippen LogP contribution < -0.4 is 0 Å². The maximum atomic E-state index is 8.40. The number of hydrogen-bond acceptors (Lipinski definition) is 3. The van der Waals surface area contributed by atoms with Gasteiger partial charge in [0.05, 0.1) is 0 Å². The Morgan fingerprint density at radius 3 is 2.82 bits per heavy atom. The zero-order valence-corrected chi connectivity index (χ0v) is 6.66. The molecule has 0 atom stereocenters. The SMILES string of the molecule is CCc1ccc(C(C)=NO)o1. The summed E-state index contributed by atoms with van der Waals surface area (Å²) < 4.78 is 5.29. The van der Waals surface area contributed by atoms with Crippen molar-refractivity contribution < 1.29 is 9.62 Å². The standard InChI is InChI=1S/C8H11NO2/c1-3-7-4-5-8(11-7)6(2)9-10/h4-5,10H,3H2,1-2H3. The quantitative estimate of drug-likeness (QED) is 0.401. The molecule has 0 amide bonds. The summed E-state index contributed by atoms with van der Waals surface area (Å²) in [6.45, 7) is 3.70. The number of aryl methyl sites for hydroxylation is 1. The van der Waals surface area contributed by atoms with Crippen LogP contribution in [-0.4, -0.2) is 10.9 Å². The van der Waals surface area contributed by atoms with Crippen molar-refractivity contribution in [3.05, 3.63) is 23.7 Å².